The minimum Gasteiger partial charge on any atom is -0.372 e. The lowest BCUT2D eigenvalue weighted by Gasteiger charge is -2.06. The van der Waals surface area contributed by atoms with Crippen molar-refractivity contribution < 1.29 is 4.74 Å². The maximum Gasteiger partial charge on any atom is 0.0736 e. The molecular weight excluding hydrogens is 300 g/mol. The van der Waals surface area contributed by atoms with Gasteiger partial charge in [-0.15, -0.1) is 0 Å². The van der Waals surface area contributed by atoms with E-state index in [1.54, 1.807) is 0 Å². The Kier molecular flexibility index (Phi) is 4.60. The van der Waals surface area contributed by atoms with E-state index >= 15 is 0 Å². The molecule has 0 aliphatic rings. The molecule has 0 fully saturated rings. The smallest absolute Gasteiger partial charge is 0.0736 e. The molecule has 0 unspecified atom stereocenters. The van der Waals surface area contributed by atoms with Crippen LogP contribution in [0.4, 0.5) is 0 Å². The van der Waals surface area contributed by atoms with Gasteiger partial charge in [-0.1, -0.05) is 57.9 Å². The standard InChI is InChI=1S/C14H12BrClO/c15-13-6-7-14(16)12(8-13)10-17-9-11-4-2-1-3-5-11/h1-8H,9-10H2. The van der Waals surface area contributed by atoms with Crippen molar-refractivity contribution in [3.05, 3.63) is 69.2 Å². The number of rotatable bonds is 4. The fraction of sp³-hybridized carbons (Fsp3) is 0.143. The normalized spacial score (nSPS) is 10.5. The van der Waals surface area contributed by atoms with Gasteiger partial charge >= 0.3 is 0 Å². The Morgan fingerprint density at radius 2 is 1.76 bits per heavy atom. The van der Waals surface area contributed by atoms with Gasteiger partial charge < -0.3 is 4.74 Å². The molecule has 0 spiro atoms. The highest BCUT2D eigenvalue weighted by Crippen LogP contribution is 2.21. The first-order chi connectivity index (χ1) is 8.25. The van der Waals surface area contributed by atoms with Crippen LogP contribution in [0.1, 0.15) is 11.1 Å². The van der Waals surface area contributed by atoms with Crippen LogP contribution in [0.5, 0.6) is 0 Å². The zero-order chi connectivity index (χ0) is 12.1. The summed E-state index contributed by atoms with van der Waals surface area (Å²) in [6.07, 6.45) is 0. The molecule has 0 aliphatic carbocycles. The molecule has 2 rings (SSSR count). The Morgan fingerprint density at radius 1 is 1.00 bits per heavy atom. The van der Waals surface area contributed by atoms with Gasteiger partial charge in [0.05, 0.1) is 13.2 Å². The second kappa shape index (κ2) is 6.20. The van der Waals surface area contributed by atoms with Crippen molar-refractivity contribution in [1.29, 1.82) is 0 Å². The maximum atomic E-state index is 6.08. The van der Waals surface area contributed by atoms with Crippen LogP contribution >= 0.6 is 27.5 Å². The van der Waals surface area contributed by atoms with Gasteiger partial charge in [-0.05, 0) is 29.3 Å². The van der Waals surface area contributed by atoms with E-state index < -0.39 is 0 Å². The highest BCUT2D eigenvalue weighted by Gasteiger charge is 2.01. The Bertz CT molecular complexity index is 485. The van der Waals surface area contributed by atoms with Gasteiger partial charge in [0.25, 0.3) is 0 Å². The Labute approximate surface area is 115 Å². The van der Waals surface area contributed by atoms with E-state index in [9.17, 15) is 0 Å². The first-order valence-corrected chi connectivity index (χ1v) is 6.48. The number of benzene rings is 2. The summed E-state index contributed by atoms with van der Waals surface area (Å²) in [6, 6.07) is 15.9. The zero-order valence-corrected chi connectivity index (χ0v) is 11.5. The monoisotopic (exact) mass is 310 g/mol. The van der Waals surface area contributed by atoms with Gasteiger partial charge in [-0.3, -0.25) is 0 Å². The molecule has 3 heteroatoms. The van der Waals surface area contributed by atoms with Gasteiger partial charge in [-0.25, -0.2) is 0 Å². The lowest BCUT2D eigenvalue weighted by atomic mass is 10.2. The van der Waals surface area contributed by atoms with E-state index in [-0.39, 0.29) is 0 Å². The molecule has 2 aromatic carbocycles. The summed E-state index contributed by atoms with van der Waals surface area (Å²) >= 11 is 9.50. The molecule has 0 heterocycles. The van der Waals surface area contributed by atoms with Crippen LogP contribution in [-0.2, 0) is 18.0 Å². The largest absolute Gasteiger partial charge is 0.372 e. The number of hydrogen-bond donors (Lipinski definition) is 0. The van der Waals surface area contributed by atoms with Gasteiger partial charge in [0.15, 0.2) is 0 Å². The molecular formula is C14H12BrClO. The van der Waals surface area contributed by atoms with E-state index in [1.807, 2.05) is 48.5 Å². The van der Waals surface area contributed by atoms with Crippen LogP contribution in [0, 0.1) is 0 Å². The van der Waals surface area contributed by atoms with E-state index in [0.29, 0.717) is 13.2 Å². The van der Waals surface area contributed by atoms with Crippen molar-refractivity contribution in [2.75, 3.05) is 0 Å². The predicted molar refractivity (Wildman–Crippen MR) is 74.1 cm³/mol. The van der Waals surface area contributed by atoms with Gasteiger partial charge in [0.1, 0.15) is 0 Å². The summed E-state index contributed by atoms with van der Waals surface area (Å²) in [5, 5.41) is 0.737. The molecule has 0 N–H and O–H groups in total. The van der Waals surface area contributed by atoms with E-state index in [2.05, 4.69) is 15.9 Å². The number of halogens is 2. The topological polar surface area (TPSA) is 9.23 Å². The summed E-state index contributed by atoms with van der Waals surface area (Å²) in [5.74, 6) is 0. The van der Waals surface area contributed by atoms with E-state index in [1.165, 1.54) is 5.56 Å². The van der Waals surface area contributed by atoms with Crippen molar-refractivity contribution in [2.24, 2.45) is 0 Å². The van der Waals surface area contributed by atoms with Crippen LogP contribution in [0.15, 0.2) is 53.0 Å². The molecule has 88 valence electrons. The quantitative estimate of drug-likeness (QED) is 0.786. The van der Waals surface area contributed by atoms with Crippen LogP contribution in [0.2, 0.25) is 5.02 Å². The summed E-state index contributed by atoms with van der Waals surface area (Å²) in [5.41, 5.74) is 2.16. The molecule has 0 aromatic heterocycles. The summed E-state index contributed by atoms with van der Waals surface area (Å²) < 4.78 is 6.65. The van der Waals surface area contributed by atoms with E-state index in [0.717, 1.165) is 15.1 Å². The molecule has 0 aliphatic heterocycles. The van der Waals surface area contributed by atoms with Crippen molar-refractivity contribution in [2.45, 2.75) is 13.2 Å². The SMILES string of the molecule is Clc1ccc(Br)cc1COCc1ccccc1. The maximum absolute atomic E-state index is 6.08. The molecule has 0 atom stereocenters. The van der Waals surface area contributed by atoms with Crippen molar-refractivity contribution in [3.63, 3.8) is 0 Å². The molecule has 0 saturated heterocycles. The molecule has 0 radical (unpaired) electrons. The molecule has 17 heavy (non-hydrogen) atoms. The Balaban J connectivity index is 1.92. The van der Waals surface area contributed by atoms with Crippen LogP contribution in [-0.4, -0.2) is 0 Å². The summed E-state index contributed by atoms with van der Waals surface area (Å²) in [6.45, 7) is 1.12. The van der Waals surface area contributed by atoms with E-state index in [4.69, 9.17) is 16.3 Å². The third-order valence-corrected chi connectivity index (χ3v) is 3.24. The fourth-order valence-electron chi connectivity index (χ4n) is 1.51. The van der Waals surface area contributed by atoms with Crippen molar-refractivity contribution in [3.8, 4) is 0 Å². The highest BCUT2D eigenvalue weighted by atomic mass is 79.9. The molecule has 0 saturated carbocycles. The molecule has 0 bridgehead atoms. The van der Waals surface area contributed by atoms with Gasteiger partial charge in [0.2, 0.25) is 0 Å². The highest BCUT2D eigenvalue weighted by molar-refractivity contribution is 9.10. The third-order valence-electron chi connectivity index (χ3n) is 2.38. The van der Waals surface area contributed by atoms with Gasteiger partial charge in [-0.2, -0.15) is 0 Å². The minimum atomic E-state index is 0.521. The summed E-state index contributed by atoms with van der Waals surface area (Å²) in [7, 11) is 0. The van der Waals surface area contributed by atoms with Gasteiger partial charge in [0, 0.05) is 9.50 Å². The van der Waals surface area contributed by atoms with Crippen LogP contribution < -0.4 is 0 Å². The first kappa shape index (κ1) is 12.6. The van der Waals surface area contributed by atoms with Crippen LogP contribution in [0.3, 0.4) is 0 Å². The van der Waals surface area contributed by atoms with Crippen LogP contribution in [0.25, 0.3) is 0 Å². The lowest BCUT2D eigenvalue weighted by Crippen LogP contribution is -1.94. The average Bonchev–Trinajstić information content (AvgIpc) is 2.35. The second-order valence-corrected chi connectivity index (χ2v) is 5.04. The summed E-state index contributed by atoms with van der Waals surface area (Å²) in [4.78, 5) is 0. The molecule has 0 amide bonds. The second-order valence-electron chi connectivity index (χ2n) is 3.71. The Hall–Kier alpha value is -0.830. The third kappa shape index (κ3) is 3.84. The zero-order valence-electron chi connectivity index (χ0n) is 9.20. The minimum absolute atomic E-state index is 0.521. The molecule has 2 aromatic rings. The van der Waals surface area contributed by atoms with Crippen molar-refractivity contribution in [1.82, 2.24) is 0 Å². The first-order valence-electron chi connectivity index (χ1n) is 5.31. The fourth-order valence-corrected chi connectivity index (χ4v) is 2.09. The predicted octanol–water partition coefficient (Wildman–Crippen LogP) is 4.82. The average molecular weight is 312 g/mol. The number of ether oxygens (including phenoxy) is 1. The Morgan fingerprint density at radius 3 is 2.53 bits per heavy atom. The van der Waals surface area contributed by atoms with Crippen molar-refractivity contribution >= 4 is 27.5 Å². The lowest BCUT2D eigenvalue weighted by molar-refractivity contribution is 0.107. The number of hydrogen-bond acceptors (Lipinski definition) is 1. The molecule has 1 nitrogen and oxygen atoms in total.